The van der Waals surface area contributed by atoms with Gasteiger partial charge >= 0.3 is 6.18 Å². The van der Waals surface area contributed by atoms with Crippen molar-refractivity contribution in [3.8, 4) is 0 Å². The van der Waals surface area contributed by atoms with E-state index in [0.717, 1.165) is 18.4 Å². The van der Waals surface area contributed by atoms with Crippen LogP contribution < -0.4 is 15.4 Å². The Kier molecular flexibility index (Phi) is 7.45. The second kappa shape index (κ2) is 8.72. The van der Waals surface area contributed by atoms with Gasteiger partial charge in [0.15, 0.2) is 5.96 Å². The summed E-state index contributed by atoms with van der Waals surface area (Å²) in [7, 11) is -3.36. The summed E-state index contributed by atoms with van der Waals surface area (Å²) in [4.78, 5) is 4.31. The molecule has 0 aromatic heterocycles. The lowest BCUT2D eigenvalue weighted by Crippen LogP contribution is -2.53. The summed E-state index contributed by atoms with van der Waals surface area (Å²) in [5.74, 6) is 0.441. The zero-order chi connectivity index (χ0) is 20.0. The van der Waals surface area contributed by atoms with Crippen LogP contribution in [0, 0.1) is 0 Å². The van der Waals surface area contributed by atoms with Crippen molar-refractivity contribution in [3.63, 3.8) is 0 Å². The lowest BCUT2D eigenvalue weighted by atomic mass is 10.1. The van der Waals surface area contributed by atoms with Gasteiger partial charge in [0.25, 0.3) is 0 Å². The maximum Gasteiger partial charge on any atom is 0.416 e. The van der Waals surface area contributed by atoms with Gasteiger partial charge in [0.1, 0.15) is 0 Å². The fraction of sp³-hybridized carbons (Fsp3) is 0.562. The van der Waals surface area contributed by atoms with E-state index in [1.807, 2.05) is 6.92 Å². The Bertz CT molecular complexity index is 714. The van der Waals surface area contributed by atoms with E-state index in [-0.39, 0.29) is 13.1 Å². The first-order valence-corrected chi connectivity index (χ1v) is 9.89. The van der Waals surface area contributed by atoms with Crippen LogP contribution in [0.3, 0.4) is 0 Å². The highest BCUT2D eigenvalue weighted by molar-refractivity contribution is 7.88. The largest absolute Gasteiger partial charge is 0.416 e. The lowest BCUT2D eigenvalue weighted by molar-refractivity contribution is -0.137. The number of hydrogen-bond donors (Lipinski definition) is 3. The van der Waals surface area contributed by atoms with Gasteiger partial charge in [-0.15, -0.1) is 0 Å². The number of rotatable bonds is 7. The SMILES string of the molecule is CCNC(=NCc1ccc(C(F)(F)F)cc1)NCC(C)(C)NS(C)(=O)=O. The van der Waals surface area contributed by atoms with E-state index in [2.05, 4.69) is 20.3 Å². The molecule has 0 bridgehead atoms. The topological polar surface area (TPSA) is 82.6 Å². The van der Waals surface area contributed by atoms with Gasteiger partial charge in [0, 0.05) is 18.6 Å². The average Bonchev–Trinajstić information content (AvgIpc) is 2.47. The maximum atomic E-state index is 12.6. The summed E-state index contributed by atoms with van der Waals surface area (Å²) in [6.45, 7) is 6.36. The molecule has 0 aliphatic carbocycles. The van der Waals surface area contributed by atoms with Crippen molar-refractivity contribution in [2.75, 3.05) is 19.3 Å². The van der Waals surface area contributed by atoms with E-state index in [1.54, 1.807) is 13.8 Å². The number of nitrogens with one attached hydrogen (secondary N) is 3. The minimum Gasteiger partial charge on any atom is -0.357 e. The summed E-state index contributed by atoms with van der Waals surface area (Å²) >= 11 is 0. The van der Waals surface area contributed by atoms with Gasteiger partial charge in [0.2, 0.25) is 10.0 Å². The molecule has 0 aliphatic rings. The van der Waals surface area contributed by atoms with Crippen molar-refractivity contribution in [3.05, 3.63) is 35.4 Å². The monoisotopic (exact) mass is 394 g/mol. The summed E-state index contributed by atoms with van der Waals surface area (Å²) in [6.07, 6.45) is -3.28. The zero-order valence-electron chi connectivity index (χ0n) is 15.2. The van der Waals surface area contributed by atoms with Crippen molar-refractivity contribution in [2.24, 2.45) is 4.99 Å². The molecule has 0 radical (unpaired) electrons. The van der Waals surface area contributed by atoms with Crippen LogP contribution >= 0.6 is 0 Å². The molecule has 0 fully saturated rings. The fourth-order valence-electron chi connectivity index (χ4n) is 2.15. The minimum atomic E-state index is -4.36. The molecule has 0 amide bonds. The van der Waals surface area contributed by atoms with Crippen LogP contribution in [0.25, 0.3) is 0 Å². The summed E-state index contributed by atoms with van der Waals surface area (Å²) < 4.78 is 62.9. The predicted molar refractivity (Wildman–Crippen MR) is 96.3 cm³/mol. The standard InChI is InChI=1S/C16H25F3N4O2S/c1-5-20-14(22-11-15(2,3)23-26(4,24)25)21-10-12-6-8-13(9-7-12)16(17,18)19/h6-9,23H,5,10-11H2,1-4H3,(H2,20,21,22). The predicted octanol–water partition coefficient (Wildman–Crippen LogP) is 2.09. The molecule has 1 rings (SSSR count). The third kappa shape index (κ3) is 8.52. The first-order chi connectivity index (χ1) is 11.8. The Morgan fingerprint density at radius 3 is 2.15 bits per heavy atom. The molecule has 1 aromatic rings. The molecule has 148 valence electrons. The molecule has 0 aliphatic heterocycles. The molecule has 0 saturated carbocycles. The van der Waals surface area contributed by atoms with E-state index in [1.165, 1.54) is 12.1 Å². The molecule has 0 atom stereocenters. The van der Waals surface area contributed by atoms with Gasteiger partial charge in [-0.1, -0.05) is 12.1 Å². The van der Waals surface area contributed by atoms with Crippen molar-refractivity contribution < 1.29 is 21.6 Å². The highest BCUT2D eigenvalue weighted by Crippen LogP contribution is 2.29. The van der Waals surface area contributed by atoms with Crippen molar-refractivity contribution in [1.29, 1.82) is 0 Å². The average molecular weight is 394 g/mol. The zero-order valence-corrected chi connectivity index (χ0v) is 16.1. The number of sulfonamides is 1. The minimum absolute atomic E-state index is 0.188. The first-order valence-electron chi connectivity index (χ1n) is 8.00. The quantitative estimate of drug-likeness (QED) is 0.489. The van der Waals surface area contributed by atoms with Gasteiger partial charge in [0.05, 0.1) is 18.4 Å². The summed E-state index contributed by atoms with van der Waals surface area (Å²) in [5.41, 5.74) is -0.814. The third-order valence-corrected chi connectivity index (χ3v) is 4.13. The number of aliphatic imine (C=N–C) groups is 1. The fourth-order valence-corrected chi connectivity index (χ4v) is 3.23. The van der Waals surface area contributed by atoms with E-state index in [0.29, 0.717) is 18.1 Å². The molecule has 26 heavy (non-hydrogen) atoms. The lowest BCUT2D eigenvalue weighted by Gasteiger charge is -2.26. The molecule has 3 N–H and O–H groups in total. The second-order valence-electron chi connectivity index (χ2n) is 6.50. The Labute approximate surface area is 152 Å². The van der Waals surface area contributed by atoms with Crippen LogP contribution in [-0.2, 0) is 22.7 Å². The van der Waals surface area contributed by atoms with Crippen LogP contribution in [0.1, 0.15) is 31.9 Å². The normalized spacial score (nSPS) is 13.6. The van der Waals surface area contributed by atoms with Crippen LogP contribution in [0.2, 0.25) is 0 Å². The van der Waals surface area contributed by atoms with Crippen LogP contribution in [-0.4, -0.2) is 39.3 Å². The molecule has 6 nitrogen and oxygen atoms in total. The highest BCUT2D eigenvalue weighted by atomic mass is 32.2. The van der Waals surface area contributed by atoms with Crippen LogP contribution in [0.5, 0.6) is 0 Å². The molecule has 0 saturated heterocycles. The third-order valence-electron chi connectivity index (χ3n) is 3.20. The number of halogens is 3. The number of benzene rings is 1. The van der Waals surface area contributed by atoms with Gasteiger partial charge in [-0.2, -0.15) is 13.2 Å². The number of hydrogen-bond acceptors (Lipinski definition) is 3. The Balaban J connectivity index is 2.74. The van der Waals surface area contributed by atoms with Crippen LogP contribution in [0.4, 0.5) is 13.2 Å². The van der Waals surface area contributed by atoms with Gasteiger partial charge in [-0.05, 0) is 38.5 Å². The number of alkyl halides is 3. The van der Waals surface area contributed by atoms with Gasteiger partial charge in [-0.25, -0.2) is 18.1 Å². The van der Waals surface area contributed by atoms with E-state index in [4.69, 9.17) is 0 Å². The smallest absolute Gasteiger partial charge is 0.357 e. The molecular weight excluding hydrogens is 369 g/mol. The number of nitrogens with zero attached hydrogens (tertiary/aromatic N) is 1. The summed E-state index contributed by atoms with van der Waals surface area (Å²) in [5, 5.41) is 6.03. The van der Waals surface area contributed by atoms with Crippen molar-refractivity contribution in [2.45, 2.75) is 39.0 Å². The van der Waals surface area contributed by atoms with Crippen molar-refractivity contribution in [1.82, 2.24) is 15.4 Å². The molecule has 0 unspecified atom stereocenters. The Morgan fingerprint density at radius 1 is 1.12 bits per heavy atom. The number of guanidine groups is 1. The Hall–Kier alpha value is -1.81. The van der Waals surface area contributed by atoms with Gasteiger partial charge < -0.3 is 10.6 Å². The molecule has 10 heteroatoms. The van der Waals surface area contributed by atoms with E-state index >= 15 is 0 Å². The van der Waals surface area contributed by atoms with E-state index in [9.17, 15) is 21.6 Å². The van der Waals surface area contributed by atoms with Crippen molar-refractivity contribution >= 4 is 16.0 Å². The molecule has 1 aromatic carbocycles. The molecular formula is C16H25F3N4O2S. The molecule has 0 heterocycles. The molecule has 0 spiro atoms. The second-order valence-corrected chi connectivity index (χ2v) is 8.25. The summed E-state index contributed by atoms with van der Waals surface area (Å²) in [6, 6.07) is 4.80. The van der Waals surface area contributed by atoms with E-state index < -0.39 is 27.3 Å². The van der Waals surface area contributed by atoms with Gasteiger partial charge in [-0.3, -0.25) is 0 Å². The Morgan fingerprint density at radius 2 is 1.69 bits per heavy atom. The maximum absolute atomic E-state index is 12.6. The van der Waals surface area contributed by atoms with Crippen LogP contribution in [0.15, 0.2) is 29.3 Å². The highest BCUT2D eigenvalue weighted by Gasteiger charge is 2.29. The first kappa shape index (κ1) is 22.2.